The Kier molecular flexibility index (Phi) is 8.73. The Labute approximate surface area is 202 Å². The van der Waals surface area contributed by atoms with E-state index < -0.39 is 17.8 Å². The second-order valence-electron chi connectivity index (χ2n) is 7.25. The van der Waals surface area contributed by atoms with Crippen molar-refractivity contribution in [1.82, 2.24) is 5.32 Å². The van der Waals surface area contributed by atoms with Gasteiger partial charge in [-0.2, -0.15) is 0 Å². The highest BCUT2D eigenvalue weighted by Crippen LogP contribution is 2.17. The summed E-state index contributed by atoms with van der Waals surface area (Å²) in [6.07, 6.45) is 2.74. The molecule has 5 N–H and O–H groups in total. The fourth-order valence-corrected chi connectivity index (χ4v) is 2.83. The lowest BCUT2D eigenvalue weighted by molar-refractivity contribution is -0.143. The van der Waals surface area contributed by atoms with Crippen LogP contribution in [0.3, 0.4) is 0 Å². The molecule has 1 amide bonds. The molecule has 35 heavy (non-hydrogen) atoms. The van der Waals surface area contributed by atoms with Crippen molar-refractivity contribution in [2.45, 2.75) is 6.54 Å². The number of nitrogens with one attached hydrogen (secondary N) is 1. The molecule has 0 aliphatic carbocycles. The van der Waals surface area contributed by atoms with Crippen molar-refractivity contribution in [1.29, 1.82) is 0 Å². The first kappa shape index (κ1) is 24.7. The predicted octanol–water partition coefficient (Wildman–Crippen LogP) is 2.68. The van der Waals surface area contributed by atoms with Crippen molar-refractivity contribution < 1.29 is 23.9 Å². The zero-order valence-corrected chi connectivity index (χ0v) is 18.7. The molecule has 0 unspecified atom stereocenters. The standard InChI is InChI=1S/C26H24N4O5/c27-26(28)30-21-11-9-20(10-12-21)25(33)35-22-13-6-18(7-14-22)8-15-24(32)34-17-23(31)29-16-19-4-2-1-3-5-19/h1-15H,16-17H2,(H,29,31)(H4,27,28,30)/b15-8+. The normalized spacial score (nSPS) is 10.4. The highest BCUT2D eigenvalue weighted by molar-refractivity contribution is 5.92. The van der Waals surface area contributed by atoms with Crippen LogP contribution in [0.15, 0.2) is 89.9 Å². The van der Waals surface area contributed by atoms with E-state index in [1.807, 2.05) is 30.3 Å². The first-order valence-corrected chi connectivity index (χ1v) is 10.6. The average molecular weight is 473 g/mol. The number of ether oxygens (including phenoxy) is 2. The summed E-state index contributed by atoms with van der Waals surface area (Å²) in [6, 6.07) is 22.2. The summed E-state index contributed by atoms with van der Waals surface area (Å²) in [6.45, 7) is -0.0227. The molecule has 178 valence electrons. The number of esters is 2. The van der Waals surface area contributed by atoms with Gasteiger partial charge in [-0.05, 0) is 53.6 Å². The first-order chi connectivity index (χ1) is 16.9. The Hall–Kier alpha value is -4.92. The molecule has 3 rings (SSSR count). The van der Waals surface area contributed by atoms with Crippen LogP contribution in [-0.2, 0) is 20.9 Å². The van der Waals surface area contributed by atoms with Crippen molar-refractivity contribution in [3.8, 4) is 5.75 Å². The number of aliphatic imine (C=N–C) groups is 1. The van der Waals surface area contributed by atoms with Crippen LogP contribution in [0.2, 0.25) is 0 Å². The first-order valence-electron chi connectivity index (χ1n) is 10.6. The number of nitrogens with zero attached hydrogens (tertiary/aromatic N) is 1. The van der Waals surface area contributed by atoms with Gasteiger partial charge in [-0.15, -0.1) is 0 Å². The maximum absolute atomic E-state index is 12.3. The molecule has 3 aromatic rings. The minimum absolute atomic E-state index is 0.0768. The summed E-state index contributed by atoms with van der Waals surface area (Å²) in [7, 11) is 0. The number of benzene rings is 3. The predicted molar refractivity (Wildman–Crippen MR) is 132 cm³/mol. The van der Waals surface area contributed by atoms with Gasteiger partial charge in [0.25, 0.3) is 5.91 Å². The van der Waals surface area contributed by atoms with E-state index in [0.29, 0.717) is 29.1 Å². The molecule has 0 atom stereocenters. The number of amides is 1. The third-order valence-corrected chi connectivity index (χ3v) is 4.54. The van der Waals surface area contributed by atoms with Gasteiger partial charge >= 0.3 is 11.9 Å². The molecule has 0 radical (unpaired) electrons. The molecule has 0 fully saturated rings. The van der Waals surface area contributed by atoms with E-state index in [0.717, 1.165) is 5.56 Å². The average Bonchev–Trinajstić information content (AvgIpc) is 2.86. The molecule has 0 saturated heterocycles. The van der Waals surface area contributed by atoms with Gasteiger partial charge in [0, 0.05) is 12.6 Å². The zero-order chi connectivity index (χ0) is 25.0. The maximum atomic E-state index is 12.3. The van der Waals surface area contributed by atoms with Gasteiger partial charge in [0.05, 0.1) is 11.3 Å². The lowest BCUT2D eigenvalue weighted by atomic mass is 10.2. The second kappa shape index (κ2) is 12.4. The fourth-order valence-electron chi connectivity index (χ4n) is 2.83. The monoisotopic (exact) mass is 472 g/mol. The highest BCUT2D eigenvalue weighted by Gasteiger charge is 2.09. The van der Waals surface area contributed by atoms with E-state index in [-0.39, 0.29) is 12.6 Å². The molecule has 0 saturated carbocycles. The summed E-state index contributed by atoms with van der Waals surface area (Å²) in [5.74, 6) is -1.34. The third kappa shape index (κ3) is 8.50. The largest absolute Gasteiger partial charge is 0.452 e. The number of rotatable bonds is 9. The quantitative estimate of drug-likeness (QED) is 0.143. The molecule has 3 aromatic carbocycles. The number of carbonyl (C=O) groups is 3. The van der Waals surface area contributed by atoms with E-state index in [2.05, 4.69) is 10.3 Å². The molecule has 9 heteroatoms. The maximum Gasteiger partial charge on any atom is 0.343 e. The van der Waals surface area contributed by atoms with Crippen LogP contribution in [0.4, 0.5) is 5.69 Å². The third-order valence-electron chi connectivity index (χ3n) is 4.54. The van der Waals surface area contributed by atoms with E-state index in [4.69, 9.17) is 20.9 Å². The minimum atomic E-state index is -0.653. The number of guanidine groups is 1. The van der Waals surface area contributed by atoms with Crippen molar-refractivity contribution in [2.24, 2.45) is 16.5 Å². The van der Waals surface area contributed by atoms with Crippen LogP contribution in [0.25, 0.3) is 6.08 Å². The smallest absolute Gasteiger partial charge is 0.343 e. The lowest BCUT2D eigenvalue weighted by Crippen LogP contribution is -2.28. The minimum Gasteiger partial charge on any atom is -0.452 e. The zero-order valence-electron chi connectivity index (χ0n) is 18.7. The number of hydrogen-bond donors (Lipinski definition) is 3. The van der Waals surface area contributed by atoms with Gasteiger partial charge < -0.3 is 26.3 Å². The Bertz CT molecular complexity index is 1220. The van der Waals surface area contributed by atoms with Crippen molar-refractivity contribution >= 4 is 35.6 Å². The number of carbonyl (C=O) groups excluding carboxylic acids is 3. The summed E-state index contributed by atoms with van der Waals surface area (Å²) < 4.78 is 10.3. The summed E-state index contributed by atoms with van der Waals surface area (Å²) in [4.78, 5) is 39.9. The molecule has 0 aromatic heterocycles. The Morgan fingerprint density at radius 3 is 2.23 bits per heavy atom. The van der Waals surface area contributed by atoms with Gasteiger partial charge in [-0.25, -0.2) is 14.6 Å². The van der Waals surface area contributed by atoms with E-state index in [1.165, 1.54) is 12.2 Å². The molecule has 9 nitrogen and oxygen atoms in total. The molecular formula is C26H24N4O5. The van der Waals surface area contributed by atoms with Crippen molar-refractivity contribution in [2.75, 3.05) is 6.61 Å². The van der Waals surface area contributed by atoms with E-state index in [9.17, 15) is 14.4 Å². The molecule has 0 aliphatic heterocycles. The van der Waals surface area contributed by atoms with Crippen LogP contribution in [-0.4, -0.2) is 30.4 Å². The van der Waals surface area contributed by atoms with Crippen LogP contribution in [0.5, 0.6) is 5.75 Å². The molecule has 0 aliphatic rings. The number of nitrogens with two attached hydrogens (primary N) is 2. The van der Waals surface area contributed by atoms with Gasteiger partial charge in [-0.1, -0.05) is 42.5 Å². The second-order valence-corrected chi connectivity index (χ2v) is 7.25. The van der Waals surface area contributed by atoms with Crippen LogP contribution in [0.1, 0.15) is 21.5 Å². The molecular weight excluding hydrogens is 448 g/mol. The van der Waals surface area contributed by atoms with Crippen LogP contribution < -0.4 is 21.5 Å². The summed E-state index contributed by atoms with van der Waals surface area (Å²) >= 11 is 0. The Balaban J connectivity index is 1.43. The van der Waals surface area contributed by atoms with Crippen molar-refractivity contribution in [3.05, 3.63) is 102 Å². The topological polar surface area (TPSA) is 146 Å². The van der Waals surface area contributed by atoms with Crippen molar-refractivity contribution in [3.63, 3.8) is 0 Å². The highest BCUT2D eigenvalue weighted by atomic mass is 16.5. The van der Waals surface area contributed by atoms with E-state index in [1.54, 1.807) is 48.5 Å². The van der Waals surface area contributed by atoms with Crippen LogP contribution >= 0.6 is 0 Å². The van der Waals surface area contributed by atoms with E-state index >= 15 is 0 Å². The van der Waals surface area contributed by atoms with Gasteiger partial charge in [0.1, 0.15) is 5.75 Å². The molecule has 0 bridgehead atoms. The Morgan fingerprint density at radius 1 is 0.886 bits per heavy atom. The fraction of sp³-hybridized carbons (Fsp3) is 0.0769. The molecule has 0 heterocycles. The van der Waals surface area contributed by atoms with Gasteiger partial charge in [-0.3, -0.25) is 4.79 Å². The Morgan fingerprint density at radius 2 is 1.57 bits per heavy atom. The summed E-state index contributed by atoms with van der Waals surface area (Å²) in [5, 5.41) is 2.67. The lowest BCUT2D eigenvalue weighted by Gasteiger charge is -2.06. The van der Waals surface area contributed by atoms with Gasteiger partial charge in [0.15, 0.2) is 12.6 Å². The number of hydrogen-bond acceptors (Lipinski definition) is 6. The SMILES string of the molecule is NC(N)=Nc1ccc(C(=O)Oc2ccc(/C=C/C(=O)OCC(=O)NCc3ccccc3)cc2)cc1. The van der Waals surface area contributed by atoms with Crippen LogP contribution in [0, 0.1) is 0 Å². The summed E-state index contributed by atoms with van der Waals surface area (Å²) in [5.41, 5.74) is 13.1. The molecule has 0 spiro atoms. The van der Waals surface area contributed by atoms with Gasteiger partial charge in [0.2, 0.25) is 0 Å².